The summed E-state index contributed by atoms with van der Waals surface area (Å²) in [6, 6.07) is 6.99. The first-order valence-corrected chi connectivity index (χ1v) is 7.81. The van der Waals surface area contributed by atoms with Crippen molar-refractivity contribution in [3.05, 3.63) is 24.3 Å². The number of hydrogen-bond acceptors (Lipinski definition) is 4. The summed E-state index contributed by atoms with van der Waals surface area (Å²) >= 11 is 0. The van der Waals surface area contributed by atoms with Gasteiger partial charge in [0.2, 0.25) is 5.91 Å². The van der Waals surface area contributed by atoms with Crippen molar-refractivity contribution in [1.82, 2.24) is 4.90 Å². The highest BCUT2D eigenvalue weighted by atomic mass is 16.5. The molecule has 7 nitrogen and oxygen atoms in total. The third-order valence-electron chi connectivity index (χ3n) is 3.85. The lowest BCUT2D eigenvalue weighted by Crippen LogP contribution is -2.32. The van der Waals surface area contributed by atoms with Gasteiger partial charge in [0.25, 0.3) is 0 Å². The molecule has 126 valence electrons. The highest BCUT2D eigenvalue weighted by molar-refractivity contribution is 5.99. The van der Waals surface area contributed by atoms with Gasteiger partial charge in [-0.3, -0.25) is 4.79 Å². The number of methoxy groups -OCH3 is 1. The number of para-hydroxylation sites is 2. The van der Waals surface area contributed by atoms with Crippen LogP contribution in [0.1, 0.15) is 19.3 Å². The summed E-state index contributed by atoms with van der Waals surface area (Å²) in [6.45, 7) is 1.82. The SMILES string of the molecule is COC(CN)CC(=O)Nc1ccccc1NC(=O)N1CCCC1. The fraction of sp³-hybridized carbons (Fsp3) is 0.500. The highest BCUT2D eigenvalue weighted by Gasteiger charge is 2.19. The molecule has 1 atom stereocenters. The molecule has 7 heteroatoms. The number of ether oxygens (including phenoxy) is 1. The minimum atomic E-state index is -0.318. The maximum absolute atomic E-state index is 12.2. The number of rotatable bonds is 6. The van der Waals surface area contributed by atoms with Gasteiger partial charge in [0.15, 0.2) is 0 Å². The van der Waals surface area contributed by atoms with Crippen LogP contribution in [0.25, 0.3) is 0 Å². The van der Waals surface area contributed by atoms with Crippen LogP contribution in [-0.2, 0) is 9.53 Å². The van der Waals surface area contributed by atoms with Gasteiger partial charge in [0.1, 0.15) is 0 Å². The molecule has 4 N–H and O–H groups in total. The topological polar surface area (TPSA) is 96.7 Å². The quantitative estimate of drug-likeness (QED) is 0.742. The maximum atomic E-state index is 12.2. The Hall–Kier alpha value is -2.12. The first kappa shape index (κ1) is 17.2. The van der Waals surface area contributed by atoms with Crippen LogP contribution in [0.3, 0.4) is 0 Å². The van der Waals surface area contributed by atoms with Crippen molar-refractivity contribution in [2.45, 2.75) is 25.4 Å². The molecule has 23 heavy (non-hydrogen) atoms. The molecular formula is C16H24N4O3. The van der Waals surface area contributed by atoms with Crippen molar-refractivity contribution >= 4 is 23.3 Å². The molecule has 1 fully saturated rings. The molecule has 1 aliphatic rings. The van der Waals surface area contributed by atoms with Gasteiger partial charge in [-0.1, -0.05) is 12.1 Å². The third-order valence-corrected chi connectivity index (χ3v) is 3.85. The van der Waals surface area contributed by atoms with E-state index in [1.54, 1.807) is 23.1 Å². The van der Waals surface area contributed by atoms with Gasteiger partial charge < -0.3 is 26.0 Å². The lowest BCUT2D eigenvalue weighted by Gasteiger charge is -2.19. The van der Waals surface area contributed by atoms with E-state index >= 15 is 0 Å². The fourth-order valence-electron chi connectivity index (χ4n) is 2.49. The van der Waals surface area contributed by atoms with E-state index in [4.69, 9.17) is 10.5 Å². The number of urea groups is 1. The monoisotopic (exact) mass is 320 g/mol. The standard InChI is InChI=1S/C16H24N4O3/c1-23-12(11-17)10-15(21)18-13-6-2-3-7-14(13)19-16(22)20-8-4-5-9-20/h2-3,6-7,12H,4-5,8-11,17H2,1H3,(H,18,21)(H,19,22). The molecule has 0 bridgehead atoms. The number of anilines is 2. The molecule has 3 amide bonds. The van der Waals surface area contributed by atoms with Crippen LogP contribution in [0, 0.1) is 0 Å². The van der Waals surface area contributed by atoms with E-state index < -0.39 is 0 Å². The van der Waals surface area contributed by atoms with Crippen molar-refractivity contribution < 1.29 is 14.3 Å². The Morgan fingerprint density at radius 3 is 2.39 bits per heavy atom. The predicted molar refractivity (Wildman–Crippen MR) is 89.4 cm³/mol. The molecule has 1 aromatic carbocycles. The summed E-state index contributed by atoms with van der Waals surface area (Å²) in [5, 5.41) is 5.65. The largest absolute Gasteiger partial charge is 0.380 e. The summed E-state index contributed by atoms with van der Waals surface area (Å²) < 4.78 is 5.11. The Balaban J connectivity index is 1.99. The number of nitrogens with one attached hydrogen (secondary N) is 2. The van der Waals surface area contributed by atoms with Crippen LogP contribution in [0.5, 0.6) is 0 Å². The van der Waals surface area contributed by atoms with Crippen molar-refractivity contribution in [3.8, 4) is 0 Å². The van der Waals surface area contributed by atoms with E-state index in [0.29, 0.717) is 11.4 Å². The van der Waals surface area contributed by atoms with E-state index in [9.17, 15) is 9.59 Å². The molecule has 1 unspecified atom stereocenters. The van der Waals surface area contributed by atoms with Crippen molar-refractivity contribution in [3.63, 3.8) is 0 Å². The summed E-state index contributed by atoms with van der Waals surface area (Å²) in [4.78, 5) is 26.0. The molecule has 1 heterocycles. The number of likely N-dealkylation sites (tertiary alicyclic amines) is 1. The molecule has 0 aliphatic carbocycles. The molecule has 0 radical (unpaired) electrons. The molecule has 0 spiro atoms. The zero-order valence-corrected chi connectivity index (χ0v) is 13.4. The Kier molecular flexibility index (Phi) is 6.37. The Morgan fingerprint density at radius 1 is 1.22 bits per heavy atom. The number of carbonyl (C=O) groups is 2. The predicted octanol–water partition coefficient (Wildman–Crippen LogP) is 1.62. The third kappa shape index (κ3) is 4.94. The van der Waals surface area contributed by atoms with Gasteiger partial charge in [-0.2, -0.15) is 0 Å². The number of nitrogens with zero attached hydrogens (tertiary/aromatic N) is 1. The fourth-order valence-corrected chi connectivity index (χ4v) is 2.49. The summed E-state index contributed by atoms with van der Waals surface area (Å²) in [7, 11) is 1.52. The Labute approximate surface area is 136 Å². The van der Waals surface area contributed by atoms with Gasteiger partial charge in [-0.25, -0.2) is 4.79 Å². The molecular weight excluding hydrogens is 296 g/mol. The minimum absolute atomic E-state index is 0.138. The lowest BCUT2D eigenvalue weighted by molar-refractivity contribution is -0.118. The van der Waals surface area contributed by atoms with Gasteiger partial charge in [0, 0.05) is 26.7 Å². The zero-order valence-electron chi connectivity index (χ0n) is 13.4. The minimum Gasteiger partial charge on any atom is -0.380 e. The summed E-state index contributed by atoms with van der Waals surface area (Å²) in [5.74, 6) is -0.204. The van der Waals surface area contributed by atoms with E-state index in [0.717, 1.165) is 25.9 Å². The van der Waals surface area contributed by atoms with Crippen LogP contribution < -0.4 is 16.4 Å². The molecule has 1 aliphatic heterocycles. The molecule has 2 rings (SSSR count). The number of carbonyl (C=O) groups excluding carboxylic acids is 2. The molecule has 0 saturated carbocycles. The highest BCUT2D eigenvalue weighted by Crippen LogP contribution is 2.22. The molecule has 0 aromatic heterocycles. The van der Waals surface area contributed by atoms with Crippen LogP contribution >= 0.6 is 0 Å². The maximum Gasteiger partial charge on any atom is 0.321 e. The van der Waals surface area contributed by atoms with Crippen LogP contribution in [-0.4, -0.2) is 49.7 Å². The van der Waals surface area contributed by atoms with Crippen molar-refractivity contribution in [1.29, 1.82) is 0 Å². The van der Waals surface area contributed by atoms with Crippen molar-refractivity contribution in [2.75, 3.05) is 37.4 Å². The van der Waals surface area contributed by atoms with Gasteiger partial charge >= 0.3 is 6.03 Å². The van der Waals surface area contributed by atoms with E-state index in [2.05, 4.69) is 10.6 Å². The number of nitrogens with two attached hydrogens (primary N) is 1. The van der Waals surface area contributed by atoms with Gasteiger partial charge in [-0.05, 0) is 25.0 Å². The second-order valence-electron chi connectivity index (χ2n) is 5.52. The molecule has 1 aromatic rings. The lowest BCUT2D eigenvalue weighted by atomic mass is 10.2. The van der Waals surface area contributed by atoms with Gasteiger partial charge in [0.05, 0.1) is 23.9 Å². The average Bonchev–Trinajstić information content (AvgIpc) is 3.09. The van der Waals surface area contributed by atoms with Crippen molar-refractivity contribution in [2.24, 2.45) is 5.73 Å². The van der Waals surface area contributed by atoms with E-state index in [1.807, 2.05) is 6.07 Å². The summed E-state index contributed by atoms with van der Waals surface area (Å²) in [5.41, 5.74) is 6.67. The van der Waals surface area contributed by atoms with Crippen LogP contribution in [0.2, 0.25) is 0 Å². The van der Waals surface area contributed by atoms with E-state index in [1.165, 1.54) is 7.11 Å². The second kappa shape index (κ2) is 8.50. The first-order chi connectivity index (χ1) is 11.1. The number of hydrogen-bond donors (Lipinski definition) is 3. The van der Waals surface area contributed by atoms with Crippen LogP contribution in [0.4, 0.5) is 16.2 Å². The van der Waals surface area contributed by atoms with Crippen LogP contribution in [0.15, 0.2) is 24.3 Å². The first-order valence-electron chi connectivity index (χ1n) is 7.81. The number of amides is 3. The van der Waals surface area contributed by atoms with E-state index in [-0.39, 0.29) is 31.0 Å². The second-order valence-corrected chi connectivity index (χ2v) is 5.52. The normalized spacial score (nSPS) is 15.3. The summed E-state index contributed by atoms with van der Waals surface area (Å²) in [6.07, 6.45) is 1.91. The average molecular weight is 320 g/mol. The number of benzene rings is 1. The molecule has 1 saturated heterocycles. The Morgan fingerprint density at radius 2 is 1.83 bits per heavy atom. The zero-order chi connectivity index (χ0) is 16.7. The Bertz CT molecular complexity index is 540. The van der Waals surface area contributed by atoms with Gasteiger partial charge in [-0.15, -0.1) is 0 Å². The smallest absolute Gasteiger partial charge is 0.321 e.